The summed E-state index contributed by atoms with van der Waals surface area (Å²) in [4.78, 5) is 16.3. The second-order valence-corrected chi connectivity index (χ2v) is 5.89. The number of piperazine rings is 1. The van der Waals surface area contributed by atoms with Crippen LogP contribution in [0.1, 0.15) is 5.56 Å². The molecule has 0 saturated carbocycles. The first-order valence-corrected chi connectivity index (χ1v) is 8.13. The van der Waals surface area contributed by atoms with Crippen LogP contribution in [0.4, 0.5) is 4.39 Å². The lowest BCUT2D eigenvalue weighted by Gasteiger charge is -2.34. The molecule has 1 aliphatic rings. The lowest BCUT2D eigenvalue weighted by atomic mass is 10.2. The van der Waals surface area contributed by atoms with Crippen LogP contribution in [0.2, 0.25) is 0 Å². The molecular weight excluding hydrogens is 307 g/mol. The van der Waals surface area contributed by atoms with Crippen LogP contribution >= 0.6 is 0 Å². The van der Waals surface area contributed by atoms with Gasteiger partial charge in [-0.15, -0.1) is 0 Å². The van der Waals surface area contributed by atoms with Gasteiger partial charge in [0.05, 0.1) is 0 Å². The summed E-state index contributed by atoms with van der Waals surface area (Å²) in [6.45, 7) is 3.87. The zero-order chi connectivity index (χ0) is 16.8. The average Bonchev–Trinajstić information content (AvgIpc) is 2.63. The molecule has 126 valence electrons. The Bertz CT molecular complexity index is 653. The molecule has 1 saturated heterocycles. The summed E-state index contributed by atoms with van der Waals surface area (Å²) in [7, 11) is 0. The summed E-state index contributed by atoms with van der Waals surface area (Å²) in [5.74, 6) is 0.508. The van der Waals surface area contributed by atoms with E-state index in [1.54, 1.807) is 12.1 Å². The number of para-hydroxylation sites is 1. The van der Waals surface area contributed by atoms with E-state index in [4.69, 9.17) is 4.74 Å². The maximum atomic E-state index is 12.9. The summed E-state index contributed by atoms with van der Waals surface area (Å²) in [6, 6.07) is 15.9. The third kappa shape index (κ3) is 4.55. The van der Waals surface area contributed by atoms with Crippen LogP contribution in [0.3, 0.4) is 0 Å². The minimum absolute atomic E-state index is 0.0142. The van der Waals surface area contributed by atoms with Crippen LogP contribution in [0.15, 0.2) is 54.6 Å². The number of hydrogen-bond donors (Lipinski definition) is 0. The maximum Gasteiger partial charge on any atom is 0.260 e. The number of nitrogens with zero attached hydrogens (tertiary/aromatic N) is 2. The second-order valence-electron chi connectivity index (χ2n) is 5.89. The van der Waals surface area contributed by atoms with E-state index in [0.717, 1.165) is 25.2 Å². The van der Waals surface area contributed by atoms with Crippen molar-refractivity contribution < 1.29 is 13.9 Å². The first-order valence-electron chi connectivity index (χ1n) is 8.13. The average molecular weight is 328 g/mol. The normalized spacial score (nSPS) is 15.3. The first-order chi connectivity index (χ1) is 11.7. The van der Waals surface area contributed by atoms with Crippen molar-refractivity contribution in [2.75, 3.05) is 32.8 Å². The highest BCUT2D eigenvalue weighted by Crippen LogP contribution is 2.11. The molecule has 4 nitrogen and oxygen atoms in total. The Hall–Kier alpha value is -2.40. The molecule has 24 heavy (non-hydrogen) atoms. The lowest BCUT2D eigenvalue weighted by molar-refractivity contribution is -0.135. The summed E-state index contributed by atoms with van der Waals surface area (Å²) < 4.78 is 18.4. The molecule has 0 unspecified atom stereocenters. The van der Waals surface area contributed by atoms with Crippen LogP contribution in [0.25, 0.3) is 0 Å². The molecule has 0 bridgehead atoms. The number of hydrogen-bond acceptors (Lipinski definition) is 3. The Balaban J connectivity index is 1.42. The minimum atomic E-state index is -0.215. The summed E-state index contributed by atoms with van der Waals surface area (Å²) in [5, 5.41) is 0. The molecule has 1 aliphatic heterocycles. The van der Waals surface area contributed by atoms with Gasteiger partial charge in [0.1, 0.15) is 11.6 Å². The molecule has 1 amide bonds. The van der Waals surface area contributed by atoms with E-state index in [1.807, 2.05) is 35.2 Å². The van der Waals surface area contributed by atoms with Crippen LogP contribution in [-0.4, -0.2) is 48.5 Å². The zero-order valence-corrected chi connectivity index (χ0v) is 13.5. The fraction of sp³-hybridized carbons (Fsp3) is 0.316. The summed E-state index contributed by atoms with van der Waals surface area (Å²) in [5.41, 5.74) is 1.09. The molecule has 2 aromatic carbocycles. The van der Waals surface area contributed by atoms with Crippen molar-refractivity contribution in [1.29, 1.82) is 0 Å². The third-order valence-electron chi connectivity index (χ3n) is 4.15. The van der Waals surface area contributed by atoms with E-state index >= 15 is 0 Å². The van der Waals surface area contributed by atoms with Gasteiger partial charge in [0.15, 0.2) is 6.61 Å². The predicted molar refractivity (Wildman–Crippen MR) is 90.2 cm³/mol. The molecule has 1 heterocycles. The standard InChI is InChI=1S/C19H21FN2O2/c20-17-8-6-16(7-9-17)14-21-10-12-22(13-11-21)19(23)15-24-18-4-2-1-3-5-18/h1-9H,10-15H2. The Morgan fingerprint density at radius 2 is 1.62 bits per heavy atom. The van der Waals surface area contributed by atoms with Crippen LogP contribution in [0.5, 0.6) is 5.75 Å². The maximum absolute atomic E-state index is 12.9. The van der Waals surface area contributed by atoms with Gasteiger partial charge in [-0.1, -0.05) is 30.3 Å². The molecule has 0 atom stereocenters. The van der Waals surface area contributed by atoms with Gasteiger partial charge in [-0.2, -0.15) is 0 Å². The lowest BCUT2D eigenvalue weighted by Crippen LogP contribution is -2.49. The molecule has 5 heteroatoms. The molecule has 0 aliphatic carbocycles. The molecular formula is C19H21FN2O2. The number of amides is 1. The topological polar surface area (TPSA) is 32.8 Å². The molecule has 3 rings (SSSR count). The van der Waals surface area contributed by atoms with Gasteiger partial charge < -0.3 is 9.64 Å². The number of rotatable bonds is 5. The highest BCUT2D eigenvalue weighted by atomic mass is 19.1. The highest BCUT2D eigenvalue weighted by molar-refractivity contribution is 5.77. The van der Waals surface area contributed by atoms with Gasteiger partial charge in [0.25, 0.3) is 5.91 Å². The highest BCUT2D eigenvalue weighted by Gasteiger charge is 2.21. The van der Waals surface area contributed by atoms with E-state index < -0.39 is 0 Å². The molecule has 2 aromatic rings. The van der Waals surface area contributed by atoms with Crippen molar-refractivity contribution >= 4 is 5.91 Å². The quantitative estimate of drug-likeness (QED) is 0.846. The number of carbonyl (C=O) groups is 1. The van der Waals surface area contributed by atoms with Crippen LogP contribution in [0, 0.1) is 5.82 Å². The van der Waals surface area contributed by atoms with E-state index in [0.29, 0.717) is 18.8 Å². The van der Waals surface area contributed by atoms with Crippen molar-refractivity contribution in [3.05, 3.63) is 66.0 Å². The summed E-state index contributed by atoms with van der Waals surface area (Å²) in [6.07, 6.45) is 0. The van der Waals surface area contributed by atoms with Crippen molar-refractivity contribution in [3.63, 3.8) is 0 Å². The van der Waals surface area contributed by atoms with Crippen molar-refractivity contribution in [3.8, 4) is 5.75 Å². The largest absolute Gasteiger partial charge is 0.484 e. The summed E-state index contributed by atoms with van der Waals surface area (Å²) >= 11 is 0. The van der Waals surface area contributed by atoms with E-state index in [-0.39, 0.29) is 18.3 Å². The number of carbonyl (C=O) groups excluding carboxylic acids is 1. The predicted octanol–water partition coefficient (Wildman–Crippen LogP) is 2.55. The Labute approximate surface area is 141 Å². The molecule has 0 spiro atoms. The Morgan fingerprint density at radius 1 is 0.958 bits per heavy atom. The van der Waals surface area contributed by atoms with Crippen LogP contribution in [-0.2, 0) is 11.3 Å². The minimum Gasteiger partial charge on any atom is -0.484 e. The van der Waals surface area contributed by atoms with E-state index in [1.165, 1.54) is 12.1 Å². The third-order valence-corrected chi connectivity index (χ3v) is 4.15. The van der Waals surface area contributed by atoms with Crippen LogP contribution < -0.4 is 4.74 Å². The van der Waals surface area contributed by atoms with Gasteiger partial charge >= 0.3 is 0 Å². The van der Waals surface area contributed by atoms with E-state index in [2.05, 4.69) is 4.90 Å². The monoisotopic (exact) mass is 328 g/mol. The van der Waals surface area contributed by atoms with Crippen molar-refractivity contribution in [2.24, 2.45) is 0 Å². The van der Waals surface area contributed by atoms with Gasteiger partial charge in [0, 0.05) is 32.7 Å². The van der Waals surface area contributed by atoms with Gasteiger partial charge in [-0.05, 0) is 29.8 Å². The Morgan fingerprint density at radius 3 is 2.29 bits per heavy atom. The molecule has 0 N–H and O–H groups in total. The fourth-order valence-electron chi connectivity index (χ4n) is 2.76. The van der Waals surface area contributed by atoms with Gasteiger partial charge in [-0.25, -0.2) is 4.39 Å². The Kier molecular flexibility index (Phi) is 5.43. The SMILES string of the molecule is O=C(COc1ccccc1)N1CCN(Cc2ccc(F)cc2)CC1. The number of ether oxygens (including phenoxy) is 1. The van der Waals surface area contributed by atoms with Crippen molar-refractivity contribution in [2.45, 2.75) is 6.54 Å². The smallest absolute Gasteiger partial charge is 0.260 e. The van der Waals surface area contributed by atoms with E-state index in [9.17, 15) is 9.18 Å². The zero-order valence-electron chi connectivity index (χ0n) is 13.5. The second kappa shape index (κ2) is 7.93. The molecule has 0 radical (unpaired) electrons. The first kappa shape index (κ1) is 16.5. The number of benzene rings is 2. The van der Waals surface area contributed by atoms with Crippen molar-refractivity contribution in [1.82, 2.24) is 9.80 Å². The molecule has 1 fully saturated rings. The number of halogens is 1. The fourth-order valence-corrected chi connectivity index (χ4v) is 2.76. The molecule has 0 aromatic heterocycles. The van der Waals surface area contributed by atoms with Gasteiger partial charge in [0.2, 0.25) is 0 Å². The van der Waals surface area contributed by atoms with Gasteiger partial charge in [-0.3, -0.25) is 9.69 Å².